The summed E-state index contributed by atoms with van der Waals surface area (Å²) in [5.41, 5.74) is 2.65. The van der Waals surface area contributed by atoms with E-state index in [0.29, 0.717) is 16.5 Å². The summed E-state index contributed by atoms with van der Waals surface area (Å²) in [5.74, 6) is 0.948. The Bertz CT molecular complexity index is 709. The predicted molar refractivity (Wildman–Crippen MR) is 82.6 cm³/mol. The summed E-state index contributed by atoms with van der Waals surface area (Å²) in [4.78, 5) is 11.9. The van der Waals surface area contributed by atoms with Crippen molar-refractivity contribution < 1.29 is 19.0 Å². The van der Waals surface area contributed by atoms with Gasteiger partial charge in [0.1, 0.15) is 0 Å². The zero-order chi connectivity index (χ0) is 15.7. The zero-order valence-electron chi connectivity index (χ0n) is 12.3. The van der Waals surface area contributed by atoms with Crippen LogP contribution in [0.3, 0.4) is 0 Å². The molecule has 0 radical (unpaired) electrons. The van der Waals surface area contributed by atoms with Crippen molar-refractivity contribution in [3.05, 3.63) is 58.1 Å². The van der Waals surface area contributed by atoms with Gasteiger partial charge in [-0.15, -0.1) is 0 Å². The minimum absolute atomic E-state index is 0.222. The fraction of sp³-hybridized carbons (Fsp3) is 0.235. The number of fused-ring (bicyclic) bond motifs is 1. The number of esters is 1. The minimum atomic E-state index is -0.465. The number of methoxy groups -OCH3 is 2. The van der Waals surface area contributed by atoms with Crippen LogP contribution < -0.4 is 9.47 Å². The number of carbonyl (C=O) groups excluding carboxylic acids is 1. The number of cyclic esters (lactones) is 1. The van der Waals surface area contributed by atoms with Gasteiger partial charge in [0.15, 0.2) is 17.6 Å². The van der Waals surface area contributed by atoms with Gasteiger partial charge in [-0.05, 0) is 35.4 Å². The molecule has 1 aliphatic rings. The molecule has 0 saturated heterocycles. The lowest BCUT2D eigenvalue weighted by Gasteiger charge is -2.27. The Balaban J connectivity index is 2.11. The van der Waals surface area contributed by atoms with Gasteiger partial charge in [-0.2, -0.15) is 0 Å². The molecule has 2 aromatic rings. The van der Waals surface area contributed by atoms with Gasteiger partial charge in [0, 0.05) is 10.6 Å². The average Bonchev–Trinajstić information content (AvgIpc) is 2.53. The first-order chi connectivity index (χ1) is 10.6. The molecule has 0 saturated carbocycles. The van der Waals surface area contributed by atoms with E-state index in [1.165, 1.54) is 0 Å². The highest BCUT2D eigenvalue weighted by Crippen LogP contribution is 2.40. The first-order valence-corrected chi connectivity index (χ1v) is 7.20. The van der Waals surface area contributed by atoms with Crippen molar-refractivity contribution in [1.82, 2.24) is 0 Å². The van der Waals surface area contributed by atoms with Crippen LogP contribution in [0.2, 0.25) is 5.02 Å². The number of hydrogen-bond acceptors (Lipinski definition) is 4. The topological polar surface area (TPSA) is 44.8 Å². The summed E-state index contributed by atoms with van der Waals surface area (Å²) in [6, 6.07) is 11.0. The van der Waals surface area contributed by atoms with Crippen molar-refractivity contribution in [1.29, 1.82) is 0 Å². The van der Waals surface area contributed by atoms with Crippen molar-refractivity contribution in [2.45, 2.75) is 12.5 Å². The monoisotopic (exact) mass is 318 g/mol. The zero-order valence-corrected chi connectivity index (χ0v) is 13.0. The highest BCUT2D eigenvalue weighted by Gasteiger charge is 2.29. The van der Waals surface area contributed by atoms with Crippen LogP contribution in [0.4, 0.5) is 0 Å². The summed E-state index contributed by atoms with van der Waals surface area (Å²) >= 11 is 5.92. The Morgan fingerprint density at radius 2 is 1.73 bits per heavy atom. The van der Waals surface area contributed by atoms with Crippen LogP contribution >= 0.6 is 11.6 Å². The summed E-state index contributed by atoms with van der Waals surface area (Å²) in [5, 5.41) is 0.637. The highest BCUT2D eigenvalue weighted by atomic mass is 35.5. The maximum absolute atomic E-state index is 11.9. The van der Waals surface area contributed by atoms with Gasteiger partial charge >= 0.3 is 5.97 Å². The van der Waals surface area contributed by atoms with Crippen LogP contribution in [0.1, 0.15) is 22.8 Å². The molecule has 114 valence electrons. The Morgan fingerprint density at radius 1 is 1.09 bits per heavy atom. The lowest BCUT2D eigenvalue weighted by molar-refractivity contribution is -0.148. The second-order valence-corrected chi connectivity index (χ2v) is 5.44. The molecule has 2 aromatic carbocycles. The highest BCUT2D eigenvalue weighted by molar-refractivity contribution is 6.30. The van der Waals surface area contributed by atoms with Gasteiger partial charge in [-0.25, -0.2) is 0 Å². The molecule has 1 aliphatic heterocycles. The van der Waals surface area contributed by atoms with Crippen molar-refractivity contribution in [3.63, 3.8) is 0 Å². The molecule has 1 unspecified atom stereocenters. The smallest absolute Gasteiger partial charge is 0.311 e. The van der Waals surface area contributed by atoms with E-state index in [-0.39, 0.29) is 12.4 Å². The molecule has 4 nitrogen and oxygen atoms in total. The molecule has 1 heterocycles. The molecule has 0 aliphatic carbocycles. The average molecular weight is 319 g/mol. The van der Waals surface area contributed by atoms with Gasteiger partial charge in [0.05, 0.1) is 20.6 Å². The Hall–Kier alpha value is -2.20. The first kappa shape index (κ1) is 14.7. The van der Waals surface area contributed by atoms with Crippen molar-refractivity contribution >= 4 is 17.6 Å². The molecule has 0 aromatic heterocycles. The van der Waals surface area contributed by atoms with E-state index >= 15 is 0 Å². The number of hydrogen-bond donors (Lipinski definition) is 0. The normalized spacial score (nSPS) is 16.7. The maximum Gasteiger partial charge on any atom is 0.311 e. The van der Waals surface area contributed by atoms with Crippen molar-refractivity contribution in [3.8, 4) is 11.5 Å². The van der Waals surface area contributed by atoms with Crippen LogP contribution in [0, 0.1) is 0 Å². The van der Waals surface area contributed by atoms with Gasteiger partial charge in [-0.3, -0.25) is 4.79 Å². The second-order valence-electron chi connectivity index (χ2n) is 5.00. The van der Waals surface area contributed by atoms with Crippen LogP contribution in [0.15, 0.2) is 36.4 Å². The molecular weight excluding hydrogens is 304 g/mol. The molecule has 0 amide bonds. The minimum Gasteiger partial charge on any atom is -0.493 e. The second kappa shape index (κ2) is 5.89. The van der Waals surface area contributed by atoms with E-state index in [1.54, 1.807) is 26.4 Å². The fourth-order valence-corrected chi connectivity index (χ4v) is 2.74. The number of rotatable bonds is 3. The molecule has 5 heteroatoms. The van der Waals surface area contributed by atoms with Crippen LogP contribution in [-0.4, -0.2) is 20.2 Å². The van der Waals surface area contributed by atoms with E-state index in [1.807, 2.05) is 24.3 Å². The van der Waals surface area contributed by atoms with E-state index in [0.717, 1.165) is 16.7 Å². The summed E-state index contributed by atoms with van der Waals surface area (Å²) in [7, 11) is 3.15. The van der Waals surface area contributed by atoms with Crippen molar-refractivity contribution in [2.24, 2.45) is 0 Å². The van der Waals surface area contributed by atoms with E-state index in [4.69, 9.17) is 25.8 Å². The first-order valence-electron chi connectivity index (χ1n) is 6.82. The molecule has 0 bridgehead atoms. The van der Waals surface area contributed by atoms with Gasteiger partial charge in [0.25, 0.3) is 0 Å². The van der Waals surface area contributed by atoms with E-state index in [9.17, 15) is 4.79 Å². The lowest BCUT2D eigenvalue weighted by Crippen LogP contribution is -2.22. The number of benzene rings is 2. The maximum atomic E-state index is 11.9. The third-order valence-corrected chi connectivity index (χ3v) is 3.94. The molecule has 0 fully saturated rings. The molecule has 0 N–H and O–H groups in total. The number of carbonyl (C=O) groups is 1. The predicted octanol–water partition coefficient (Wildman–Crippen LogP) is 3.55. The lowest BCUT2D eigenvalue weighted by atomic mass is 9.92. The molecule has 3 rings (SSSR count). The molecule has 22 heavy (non-hydrogen) atoms. The Kier molecular flexibility index (Phi) is 3.94. The fourth-order valence-electron chi connectivity index (χ4n) is 2.61. The Morgan fingerprint density at radius 3 is 2.36 bits per heavy atom. The van der Waals surface area contributed by atoms with E-state index in [2.05, 4.69) is 0 Å². The van der Waals surface area contributed by atoms with Crippen LogP contribution in [-0.2, 0) is 16.0 Å². The summed E-state index contributed by atoms with van der Waals surface area (Å²) < 4.78 is 16.2. The standard InChI is InChI=1S/C17H15ClO4/c1-20-14-7-11-8-16(19)22-17(13(11)9-15(14)21-2)10-3-5-12(18)6-4-10/h3-7,9,17H,8H2,1-2H3. The Labute approximate surface area is 133 Å². The molecular formula is C17H15ClO4. The molecule has 1 atom stereocenters. The third-order valence-electron chi connectivity index (χ3n) is 3.68. The number of halogens is 1. The summed E-state index contributed by atoms with van der Waals surface area (Å²) in [6.45, 7) is 0. The summed E-state index contributed by atoms with van der Waals surface area (Å²) in [6.07, 6.45) is -0.243. The SMILES string of the molecule is COc1cc2c(cc1OC)C(c1ccc(Cl)cc1)OC(=O)C2. The number of ether oxygens (including phenoxy) is 3. The van der Waals surface area contributed by atoms with Gasteiger partial charge < -0.3 is 14.2 Å². The van der Waals surface area contributed by atoms with E-state index < -0.39 is 6.10 Å². The molecule has 0 spiro atoms. The van der Waals surface area contributed by atoms with Gasteiger partial charge in [-0.1, -0.05) is 23.7 Å². The quantitative estimate of drug-likeness (QED) is 0.812. The van der Waals surface area contributed by atoms with Crippen LogP contribution in [0.25, 0.3) is 0 Å². The van der Waals surface area contributed by atoms with Crippen LogP contribution in [0.5, 0.6) is 11.5 Å². The van der Waals surface area contributed by atoms with Gasteiger partial charge in [0.2, 0.25) is 0 Å². The van der Waals surface area contributed by atoms with Crippen molar-refractivity contribution in [2.75, 3.05) is 14.2 Å². The third kappa shape index (κ3) is 2.62. The largest absolute Gasteiger partial charge is 0.493 e.